The molecule has 0 saturated heterocycles. The molecule has 5 heteroatoms. The summed E-state index contributed by atoms with van der Waals surface area (Å²) in [6.07, 6.45) is 1.10. The number of hydrogen-bond donors (Lipinski definition) is 1. The molecular formula is C6H11ClO4. The fourth-order valence-electron chi connectivity index (χ4n) is 0.117. The van der Waals surface area contributed by atoms with Crippen molar-refractivity contribution >= 4 is 24.3 Å². The van der Waals surface area contributed by atoms with Crippen molar-refractivity contribution in [1.82, 2.24) is 0 Å². The third-order valence-corrected chi connectivity index (χ3v) is 0.249. The average molecular weight is 183 g/mol. The van der Waals surface area contributed by atoms with Gasteiger partial charge in [-0.2, -0.15) is 0 Å². The van der Waals surface area contributed by atoms with Gasteiger partial charge in [0, 0.05) is 13.8 Å². The highest BCUT2D eigenvalue weighted by atomic mass is 35.5. The number of hydrogen-bond acceptors (Lipinski definition) is 3. The van der Waals surface area contributed by atoms with E-state index in [-0.39, 0.29) is 18.4 Å². The number of halogens is 1. The van der Waals surface area contributed by atoms with E-state index in [0.717, 1.165) is 13.2 Å². The maximum atomic E-state index is 9.75. The Kier molecular flexibility index (Phi) is 17.6. The predicted molar refractivity (Wildman–Crippen MR) is 42.5 cm³/mol. The van der Waals surface area contributed by atoms with Crippen LogP contribution in [-0.2, 0) is 14.3 Å². The number of ether oxygens (including phenoxy) is 1. The molecule has 66 valence electrons. The first-order valence-corrected chi connectivity index (χ1v) is 2.48. The maximum Gasteiger partial charge on any atom is 0.307 e. The normalized spacial score (nSPS) is 6.00. The van der Waals surface area contributed by atoms with Gasteiger partial charge in [0.15, 0.2) is 0 Å². The standard InChI is InChI=1S/C4H6O2.C2H4O2.ClH/c1-3-6-4(2)5;1-2(3)4;/h3H,1H2,2H3;1H3,(H,3,4);1H. The van der Waals surface area contributed by atoms with E-state index in [1.54, 1.807) is 0 Å². The smallest absolute Gasteiger partial charge is 0.307 e. The van der Waals surface area contributed by atoms with Gasteiger partial charge in [0.25, 0.3) is 5.97 Å². The second-order valence-corrected chi connectivity index (χ2v) is 1.30. The fraction of sp³-hybridized carbons (Fsp3) is 0.333. The summed E-state index contributed by atoms with van der Waals surface area (Å²) >= 11 is 0. The minimum atomic E-state index is -0.833. The first-order valence-electron chi connectivity index (χ1n) is 2.48. The van der Waals surface area contributed by atoms with Crippen molar-refractivity contribution in [2.45, 2.75) is 13.8 Å². The summed E-state index contributed by atoms with van der Waals surface area (Å²) in [4.78, 5) is 18.8. The van der Waals surface area contributed by atoms with Crippen LogP contribution in [0.25, 0.3) is 0 Å². The first-order chi connectivity index (χ1) is 4.50. The van der Waals surface area contributed by atoms with Crippen LogP contribution in [0.2, 0.25) is 0 Å². The van der Waals surface area contributed by atoms with E-state index in [2.05, 4.69) is 11.3 Å². The number of carbonyl (C=O) groups excluding carboxylic acids is 1. The first kappa shape index (κ1) is 16.5. The lowest BCUT2D eigenvalue weighted by molar-refractivity contribution is -0.136. The number of carboxylic acids is 1. The van der Waals surface area contributed by atoms with Gasteiger partial charge in [-0.25, -0.2) is 0 Å². The Balaban J connectivity index is -0.000000114. The molecule has 0 spiro atoms. The number of aliphatic carboxylic acids is 1. The Morgan fingerprint density at radius 3 is 1.73 bits per heavy atom. The minimum absolute atomic E-state index is 0. The fourth-order valence-corrected chi connectivity index (χ4v) is 0.117. The summed E-state index contributed by atoms with van der Waals surface area (Å²) in [5.74, 6) is -1.16. The van der Waals surface area contributed by atoms with Gasteiger partial charge in [0.2, 0.25) is 0 Å². The summed E-state index contributed by atoms with van der Waals surface area (Å²) in [5, 5.41) is 7.42. The van der Waals surface area contributed by atoms with Crippen LogP contribution < -0.4 is 0 Å². The van der Waals surface area contributed by atoms with Crippen LogP contribution in [0, 0.1) is 0 Å². The number of carbonyl (C=O) groups is 2. The van der Waals surface area contributed by atoms with Gasteiger partial charge in [0.05, 0.1) is 6.26 Å². The molecule has 11 heavy (non-hydrogen) atoms. The Morgan fingerprint density at radius 2 is 1.73 bits per heavy atom. The number of esters is 1. The third kappa shape index (κ3) is 112. The van der Waals surface area contributed by atoms with Crippen molar-refractivity contribution in [3.8, 4) is 0 Å². The summed E-state index contributed by atoms with van der Waals surface area (Å²) in [5.41, 5.74) is 0. The van der Waals surface area contributed by atoms with Crippen LogP contribution in [0.3, 0.4) is 0 Å². The van der Waals surface area contributed by atoms with Crippen molar-refractivity contribution in [3.63, 3.8) is 0 Å². The molecule has 0 amide bonds. The van der Waals surface area contributed by atoms with Crippen LogP contribution in [-0.4, -0.2) is 17.0 Å². The highest BCUT2D eigenvalue weighted by Gasteiger charge is 1.79. The topological polar surface area (TPSA) is 63.6 Å². The van der Waals surface area contributed by atoms with E-state index in [1.807, 2.05) is 0 Å². The van der Waals surface area contributed by atoms with Crippen LogP contribution >= 0.6 is 12.4 Å². The summed E-state index contributed by atoms with van der Waals surface area (Å²) in [7, 11) is 0. The highest BCUT2D eigenvalue weighted by Crippen LogP contribution is 1.70. The molecule has 0 heterocycles. The van der Waals surface area contributed by atoms with E-state index in [0.29, 0.717) is 0 Å². The zero-order valence-corrected chi connectivity index (χ0v) is 7.18. The molecule has 0 aliphatic rings. The van der Waals surface area contributed by atoms with E-state index in [4.69, 9.17) is 9.90 Å². The number of rotatable bonds is 1. The zero-order chi connectivity index (χ0) is 8.57. The van der Waals surface area contributed by atoms with E-state index < -0.39 is 5.97 Å². The molecule has 0 unspecified atom stereocenters. The molecule has 0 bridgehead atoms. The monoisotopic (exact) mass is 182 g/mol. The molecule has 0 radical (unpaired) electrons. The lowest BCUT2D eigenvalue weighted by atomic mass is 10.8. The van der Waals surface area contributed by atoms with Gasteiger partial charge >= 0.3 is 5.97 Å². The molecule has 0 aliphatic carbocycles. The van der Waals surface area contributed by atoms with Gasteiger partial charge in [-0.15, -0.1) is 12.4 Å². The SMILES string of the molecule is C=COC(C)=O.CC(=O)O.Cl. The van der Waals surface area contributed by atoms with Gasteiger partial charge in [-0.3, -0.25) is 9.59 Å². The van der Waals surface area contributed by atoms with Crippen LogP contribution in [0.4, 0.5) is 0 Å². The van der Waals surface area contributed by atoms with Gasteiger partial charge < -0.3 is 9.84 Å². The Hall–Kier alpha value is -1.03. The van der Waals surface area contributed by atoms with Gasteiger partial charge in [0.1, 0.15) is 0 Å². The Labute approximate surface area is 71.3 Å². The molecule has 0 aromatic carbocycles. The second-order valence-electron chi connectivity index (χ2n) is 1.30. The highest BCUT2D eigenvalue weighted by molar-refractivity contribution is 5.85. The average Bonchev–Trinajstić information content (AvgIpc) is 1.62. The van der Waals surface area contributed by atoms with Crippen molar-refractivity contribution in [2.24, 2.45) is 0 Å². The lowest BCUT2D eigenvalue weighted by Gasteiger charge is -1.83. The molecule has 0 atom stereocenters. The molecule has 0 aromatic rings. The quantitative estimate of drug-likeness (QED) is 0.489. The van der Waals surface area contributed by atoms with Crippen molar-refractivity contribution in [1.29, 1.82) is 0 Å². The second kappa shape index (κ2) is 11.7. The minimum Gasteiger partial charge on any atom is -0.481 e. The predicted octanol–water partition coefficient (Wildman–Crippen LogP) is 1.21. The Bertz CT molecular complexity index is 129. The molecule has 4 nitrogen and oxygen atoms in total. The summed E-state index contributed by atoms with van der Waals surface area (Å²) in [6, 6.07) is 0. The number of carboxylic acid groups (broad SMARTS) is 1. The van der Waals surface area contributed by atoms with Crippen molar-refractivity contribution in [2.75, 3.05) is 0 Å². The largest absolute Gasteiger partial charge is 0.481 e. The molecular weight excluding hydrogens is 172 g/mol. The summed E-state index contributed by atoms with van der Waals surface area (Å²) < 4.78 is 4.17. The van der Waals surface area contributed by atoms with Crippen LogP contribution in [0.15, 0.2) is 12.8 Å². The molecule has 0 rings (SSSR count). The van der Waals surface area contributed by atoms with Crippen molar-refractivity contribution in [3.05, 3.63) is 12.8 Å². The zero-order valence-electron chi connectivity index (χ0n) is 6.36. The molecule has 1 N–H and O–H groups in total. The van der Waals surface area contributed by atoms with Gasteiger partial charge in [-0.1, -0.05) is 6.58 Å². The molecule has 0 aromatic heterocycles. The van der Waals surface area contributed by atoms with E-state index in [1.165, 1.54) is 6.92 Å². The molecule has 0 fully saturated rings. The Morgan fingerprint density at radius 1 is 1.45 bits per heavy atom. The van der Waals surface area contributed by atoms with Gasteiger partial charge in [-0.05, 0) is 0 Å². The lowest BCUT2D eigenvalue weighted by Crippen LogP contribution is -1.87. The van der Waals surface area contributed by atoms with E-state index in [9.17, 15) is 4.79 Å². The van der Waals surface area contributed by atoms with Crippen molar-refractivity contribution < 1.29 is 19.4 Å². The third-order valence-electron chi connectivity index (χ3n) is 0.249. The molecule has 0 saturated carbocycles. The van der Waals surface area contributed by atoms with Crippen LogP contribution in [0.1, 0.15) is 13.8 Å². The van der Waals surface area contributed by atoms with Crippen LogP contribution in [0.5, 0.6) is 0 Å². The van der Waals surface area contributed by atoms with E-state index >= 15 is 0 Å². The molecule has 0 aliphatic heterocycles. The summed E-state index contributed by atoms with van der Waals surface area (Å²) in [6.45, 7) is 5.56. The maximum absolute atomic E-state index is 9.75.